The highest BCUT2D eigenvalue weighted by atomic mass is 16.5. The molecule has 2 nitrogen and oxygen atoms in total. The quantitative estimate of drug-likeness (QED) is 0.734. The molecule has 1 aromatic rings. The average molecular weight is 249 g/mol. The average Bonchev–Trinajstić information content (AvgIpc) is 2.38. The highest BCUT2D eigenvalue weighted by Gasteiger charge is 2.10. The number of methoxy groups -OCH3 is 1. The molecule has 0 aliphatic heterocycles. The second-order valence-corrected chi connectivity index (χ2v) is 5.13. The molecule has 102 valence electrons. The largest absolute Gasteiger partial charge is 0.382 e. The Labute approximate surface area is 112 Å². The summed E-state index contributed by atoms with van der Waals surface area (Å²) in [4.78, 5) is 0. The summed E-state index contributed by atoms with van der Waals surface area (Å²) in [6, 6.07) is 9.08. The van der Waals surface area contributed by atoms with Crippen molar-refractivity contribution in [3.63, 3.8) is 0 Å². The van der Waals surface area contributed by atoms with Gasteiger partial charge in [0.2, 0.25) is 0 Å². The molecule has 0 spiro atoms. The Morgan fingerprint density at radius 3 is 2.61 bits per heavy atom. The minimum absolute atomic E-state index is 0.567. The van der Waals surface area contributed by atoms with E-state index in [4.69, 9.17) is 4.74 Å². The maximum Gasteiger partial charge on any atom is 0.0713 e. The molecular weight excluding hydrogens is 222 g/mol. The van der Waals surface area contributed by atoms with E-state index >= 15 is 0 Å². The maximum absolute atomic E-state index is 5.17. The Hall–Kier alpha value is -1.02. The first-order valence-electron chi connectivity index (χ1n) is 7.04. The van der Waals surface area contributed by atoms with Gasteiger partial charge in [0.25, 0.3) is 0 Å². The van der Waals surface area contributed by atoms with Gasteiger partial charge in [-0.2, -0.15) is 0 Å². The van der Waals surface area contributed by atoms with Crippen LogP contribution in [-0.2, 0) is 11.3 Å². The van der Waals surface area contributed by atoms with Gasteiger partial charge >= 0.3 is 0 Å². The highest BCUT2D eigenvalue weighted by Crippen LogP contribution is 2.18. The van der Waals surface area contributed by atoms with Crippen molar-refractivity contribution in [2.45, 2.75) is 52.7 Å². The van der Waals surface area contributed by atoms with Crippen LogP contribution in [0.1, 0.15) is 45.6 Å². The van der Waals surface area contributed by atoms with Gasteiger partial charge in [0.05, 0.1) is 6.61 Å². The lowest BCUT2D eigenvalue weighted by Crippen LogP contribution is -2.21. The first-order valence-corrected chi connectivity index (χ1v) is 7.04. The van der Waals surface area contributed by atoms with Gasteiger partial charge in [-0.3, -0.25) is 0 Å². The summed E-state index contributed by atoms with van der Waals surface area (Å²) in [5.74, 6) is 0.782. The van der Waals surface area contributed by atoms with Crippen LogP contribution in [0.15, 0.2) is 24.3 Å². The third kappa shape index (κ3) is 5.09. The summed E-state index contributed by atoms with van der Waals surface area (Å²) in [5.41, 5.74) is 2.43. The van der Waals surface area contributed by atoms with Crippen molar-refractivity contribution >= 4 is 5.69 Å². The van der Waals surface area contributed by atoms with E-state index in [-0.39, 0.29) is 0 Å². The van der Waals surface area contributed by atoms with E-state index in [0.29, 0.717) is 12.6 Å². The van der Waals surface area contributed by atoms with Crippen LogP contribution >= 0.6 is 0 Å². The molecule has 0 fully saturated rings. The topological polar surface area (TPSA) is 21.3 Å². The molecule has 1 aromatic carbocycles. The minimum atomic E-state index is 0.567. The van der Waals surface area contributed by atoms with Crippen LogP contribution < -0.4 is 5.32 Å². The van der Waals surface area contributed by atoms with E-state index in [1.165, 1.54) is 30.5 Å². The fourth-order valence-corrected chi connectivity index (χ4v) is 2.13. The molecule has 2 heteroatoms. The number of anilines is 1. The van der Waals surface area contributed by atoms with Crippen LogP contribution in [0.2, 0.25) is 0 Å². The van der Waals surface area contributed by atoms with Crippen LogP contribution in [0, 0.1) is 5.92 Å². The lowest BCUT2D eigenvalue weighted by Gasteiger charge is -2.21. The summed E-state index contributed by atoms with van der Waals surface area (Å²) >= 11 is 0. The van der Waals surface area contributed by atoms with E-state index in [1.807, 2.05) is 0 Å². The van der Waals surface area contributed by atoms with E-state index in [1.54, 1.807) is 7.11 Å². The van der Waals surface area contributed by atoms with Gasteiger partial charge in [0.1, 0.15) is 0 Å². The van der Waals surface area contributed by atoms with Crippen molar-refractivity contribution < 1.29 is 4.74 Å². The van der Waals surface area contributed by atoms with Gasteiger partial charge in [-0.05, 0) is 36.5 Å². The lowest BCUT2D eigenvalue weighted by atomic mass is 9.97. The summed E-state index contributed by atoms with van der Waals surface area (Å²) in [6.07, 6.45) is 3.66. The fraction of sp³-hybridized carbons (Fsp3) is 0.625. The zero-order valence-electron chi connectivity index (χ0n) is 12.2. The van der Waals surface area contributed by atoms with Gasteiger partial charge in [0.15, 0.2) is 0 Å². The number of nitrogens with one attached hydrogen (secondary N) is 1. The predicted molar refractivity (Wildman–Crippen MR) is 78.9 cm³/mol. The maximum atomic E-state index is 5.17. The van der Waals surface area contributed by atoms with E-state index in [0.717, 1.165) is 5.92 Å². The number of benzene rings is 1. The molecule has 0 heterocycles. The van der Waals surface area contributed by atoms with Crippen LogP contribution in [0.4, 0.5) is 5.69 Å². The number of ether oxygens (including phenoxy) is 1. The zero-order valence-corrected chi connectivity index (χ0v) is 12.2. The standard InChI is InChI=1S/C16H27NO/c1-5-13(3)10-15(6-2)17-16-9-7-8-14(11-16)12-18-4/h7-9,11,13,15,17H,5-6,10,12H2,1-4H3. The smallest absolute Gasteiger partial charge is 0.0713 e. The molecule has 0 bridgehead atoms. The van der Waals surface area contributed by atoms with Gasteiger partial charge in [-0.25, -0.2) is 0 Å². The van der Waals surface area contributed by atoms with Crippen LogP contribution in [0.5, 0.6) is 0 Å². The summed E-state index contributed by atoms with van der Waals surface area (Å²) in [7, 11) is 1.73. The van der Waals surface area contributed by atoms with E-state index in [9.17, 15) is 0 Å². The minimum Gasteiger partial charge on any atom is -0.382 e. The molecule has 0 saturated carbocycles. The Kier molecular flexibility index (Phi) is 6.81. The monoisotopic (exact) mass is 249 g/mol. The molecule has 0 radical (unpaired) electrons. The number of rotatable bonds is 8. The molecule has 1 rings (SSSR count). The Balaban J connectivity index is 2.60. The predicted octanol–water partition coefficient (Wildman–Crippen LogP) is 4.46. The SMILES string of the molecule is CCC(C)CC(CC)Nc1cccc(COC)c1. The van der Waals surface area contributed by atoms with Gasteiger partial charge in [0, 0.05) is 18.8 Å². The zero-order chi connectivity index (χ0) is 13.4. The van der Waals surface area contributed by atoms with E-state index < -0.39 is 0 Å². The molecule has 0 aliphatic rings. The molecule has 0 saturated heterocycles. The van der Waals surface area contributed by atoms with Crippen molar-refractivity contribution in [3.8, 4) is 0 Å². The third-order valence-electron chi connectivity index (χ3n) is 3.49. The Morgan fingerprint density at radius 1 is 1.22 bits per heavy atom. The normalized spacial score (nSPS) is 14.2. The molecule has 0 amide bonds. The Morgan fingerprint density at radius 2 is 2.00 bits per heavy atom. The lowest BCUT2D eigenvalue weighted by molar-refractivity contribution is 0.185. The molecule has 18 heavy (non-hydrogen) atoms. The highest BCUT2D eigenvalue weighted by molar-refractivity contribution is 5.46. The summed E-state index contributed by atoms with van der Waals surface area (Å²) in [5, 5.41) is 3.64. The summed E-state index contributed by atoms with van der Waals surface area (Å²) < 4.78 is 5.17. The molecule has 2 unspecified atom stereocenters. The molecular formula is C16H27NO. The second-order valence-electron chi connectivity index (χ2n) is 5.13. The van der Waals surface area contributed by atoms with Gasteiger partial charge in [-0.1, -0.05) is 39.3 Å². The van der Waals surface area contributed by atoms with Crippen LogP contribution in [0.3, 0.4) is 0 Å². The van der Waals surface area contributed by atoms with Crippen molar-refractivity contribution in [3.05, 3.63) is 29.8 Å². The number of hydrogen-bond donors (Lipinski definition) is 1. The van der Waals surface area contributed by atoms with Crippen molar-refractivity contribution in [2.75, 3.05) is 12.4 Å². The van der Waals surface area contributed by atoms with Gasteiger partial charge < -0.3 is 10.1 Å². The molecule has 1 N–H and O–H groups in total. The molecule has 0 aromatic heterocycles. The third-order valence-corrected chi connectivity index (χ3v) is 3.49. The van der Waals surface area contributed by atoms with Crippen molar-refractivity contribution in [2.24, 2.45) is 5.92 Å². The first kappa shape index (κ1) is 15.0. The summed E-state index contributed by atoms with van der Waals surface area (Å²) in [6.45, 7) is 7.51. The molecule has 2 atom stereocenters. The van der Waals surface area contributed by atoms with Crippen molar-refractivity contribution in [1.82, 2.24) is 0 Å². The fourth-order valence-electron chi connectivity index (χ4n) is 2.13. The second kappa shape index (κ2) is 8.15. The van der Waals surface area contributed by atoms with Crippen LogP contribution in [-0.4, -0.2) is 13.2 Å². The Bertz CT molecular complexity index is 338. The van der Waals surface area contributed by atoms with E-state index in [2.05, 4.69) is 50.4 Å². The first-order chi connectivity index (χ1) is 8.69. The number of hydrogen-bond acceptors (Lipinski definition) is 2. The van der Waals surface area contributed by atoms with Gasteiger partial charge in [-0.15, -0.1) is 0 Å². The van der Waals surface area contributed by atoms with Crippen LogP contribution in [0.25, 0.3) is 0 Å². The molecule has 0 aliphatic carbocycles. The van der Waals surface area contributed by atoms with Crippen molar-refractivity contribution in [1.29, 1.82) is 0 Å².